The smallest absolute Gasteiger partial charge is 0.225 e. The lowest BCUT2D eigenvalue weighted by atomic mass is 10.2. The fourth-order valence-electron chi connectivity index (χ4n) is 3.96. The van der Waals surface area contributed by atoms with E-state index in [9.17, 15) is 4.79 Å². The van der Waals surface area contributed by atoms with Crippen LogP contribution in [0.4, 0.5) is 5.69 Å². The second-order valence-corrected chi connectivity index (χ2v) is 8.16. The summed E-state index contributed by atoms with van der Waals surface area (Å²) in [5, 5.41) is 5.57. The van der Waals surface area contributed by atoms with E-state index in [0.717, 1.165) is 61.3 Å². The Morgan fingerprint density at radius 2 is 2.00 bits per heavy atom. The summed E-state index contributed by atoms with van der Waals surface area (Å²) in [6.07, 6.45) is 7.97. The average molecular weight is 378 g/mol. The number of carbonyl (C=O) groups is 1. The molecule has 1 aliphatic heterocycles. The molecule has 2 aliphatic rings. The number of rotatable bonds is 4. The molecule has 7 nitrogen and oxygen atoms in total. The molecular formula is C21H26N6O. The normalized spacial score (nSPS) is 17.7. The maximum absolute atomic E-state index is 12.3. The molecule has 28 heavy (non-hydrogen) atoms. The number of amides is 1. The van der Waals surface area contributed by atoms with E-state index in [0.29, 0.717) is 17.9 Å². The lowest BCUT2D eigenvalue weighted by Crippen LogP contribution is -2.49. The predicted octanol–water partition coefficient (Wildman–Crippen LogP) is 3.07. The Balaban J connectivity index is 1.39. The molecule has 7 heteroatoms. The molecule has 0 spiro atoms. The number of aromatic amines is 1. The van der Waals surface area contributed by atoms with Crippen molar-refractivity contribution in [1.29, 1.82) is 0 Å². The van der Waals surface area contributed by atoms with E-state index >= 15 is 0 Å². The fourth-order valence-corrected chi connectivity index (χ4v) is 3.96. The van der Waals surface area contributed by atoms with Crippen molar-refractivity contribution < 1.29 is 4.79 Å². The molecule has 0 radical (unpaired) electrons. The minimum absolute atomic E-state index is 0.304. The summed E-state index contributed by atoms with van der Waals surface area (Å²) in [6, 6.07) is 4.58. The Morgan fingerprint density at radius 1 is 1.21 bits per heavy atom. The number of hydrogen-bond donors (Lipinski definition) is 1. The summed E-state index contributed by atoms with van der Waals surface area (Å²) >= 11 is 0. The average Bonchev–Trinajstić information content (AvgIpc) is 3.26. The third-order valence-electron chi connectivity index (χ3n) is 5.81. The van der Waals surface area contributed by atoms with Crippen molar-refractivity contribution in [3.63, 3.8) is 0 Å². The molecule has 1 N–H and O–H groups in total. The zero-order chi connectivity index (χ0) is 19.3. The first kappa shape index (κ1) is 17.3. The quantitative estimate of drug-likeness (QED) is 0.757. The van der Waals surface area contributed by atoms with E-state index < -0.39 is 0 Å². The van der Waals surface area contributed by atoms with Crippen LogP contribution in [-0.2, 0) is 4.79 Å². The number of aromatic nitrogens is 4. The van der Waals surface area contributed by atoms with Crippen molar-refractivity contribution in [3.05, 3.63) is 30.7 Å². The van der Waals surface area contributed by atoms with E-state index in [1.165, 1.54) is 5.69 Å². The molecule has 2 fully saturated rings. The largest absolute Gasteiger partial charge is 0.367 e. The Bertz CT molecular complexity index is 1010. The SMILES string of the molecule is CC(C)n1cc(-c2cc3c(N4CCN(C(=O)C5CC5)CC4)ccnc3[nH]2)cn1. The van der Waals surface area contributed by atoms with Crippen molar-refractivity contribution in [2.45, 2.75) is 32.7 Å². The molecule has 1 saturated heterocycles. The summed E-state index contributed by atoms with van der Waals surface area (Å²) in [5.74, 6) is 0.656. The van der Waals surface area contributed by atoms with Gasteiger partial charge in [-0.25, -0.2) is 4.98 Å². The predicted molar refractivity (Wildman–Crippen MR) is 109 cm³/mol. The first-order chi connectivity index (χ1) is 13.6. The van der Waals surface area contributed by atoms with Gasteiger partial charge in [0.1, 0.15) is 5.65 Å². The van der Waals surface area contributed by atoms with Crippen LogP contribution in [0.2, 0.25) is 0 Å². The number of pyridine rings is 1. The van der Waals surface area contributed by atoms with Crippen molar-refractivity contribution in [2.24, 2.45) is 5.92 Å². The van der Waals surface area contributed by atoms with Crippen LogP contribution in [0.5, 0.6) is 0 Å². The molecule has 5 rings (SSSR count). The molecule has 4 heterocycles. The summed E-state index contributed by atoms with van der Waals surface area (Å²) in [6.45, 7) is 7.58. The molecular weight excluding hydrogens is 352 g/mol. The van der Waals surface area contributed by atoms with Gasteiger partial charge in [-0.15, -0.1) is 0 Å². The van der Waals surface area contributed by atoms with Crippen LogP contribution in [0, 0.1) is 5.92 Å². The molecule has 0 bridgehead atoms. The Labute approximate surface area is 164 Å². The van der Waals surface area contributed by atoms with E-state index in [1.54, 1.807) is 0 Å². The summed E-state index contributed by atoms with van der Waals surface area (Å²) < 4.78 is 1.96. The number of anilines is 1. The number of fused-ring (bicyclic) bond motifs is 1. The monoisotopic (exact) mass is 378 g/mol. The minimum Gasteiger partial charge on any atom is -0.367 e. The highest BCUT2D eigenvalue weighted by molar-refractivity contribution is 5.94. The topological polar surface area (TPSA) is 70.1 Å². The third-order valence-corrected chi connectivity index (χ3v) is 5.81. The second-order valence-electron chi connectivity index (χ2n) is 8.16. The lowest BCUT2D eigenvalue weighted by molar-refractivity contribution is -0.132. The Hall–Kier alpha value is -2.83. The van der Waals surface area contributed by atoms with Crippen LogP contribution < -0.4 is 4.90 Å². The van der Waals surface area contributed by atoms with Gasteiger partial charge in [-0.05, 0) is 38.8 Å². The van der Waals surface area contributed by atoms with Gasteiger partial charge in [-0.1, -0.05) is 0 Å². The molecule has 3 aromatic heterocycles. The van der Waals surface area contributed by atoms with Crippen molar-refractivity contribution in [3.8, 4) is 11.3 Å². The summed E-state index contributed by atoms with van der Waals surface area (Å²) in [4.78, 5) is 24.7. The highest BCUT2D eigenvalue weighted by Crippen LogP contribution is 2.33. The van der Waals surface area contributed by atoms with Crippen LogP contribution >= 0.6 is 0 Å². The van der Waals surface area contributed by atoms with Crippen LogP contribution in [0.15, 0.2) is 30.7 Å². The first-order valence-electron chi connectivity index (χ1n) is 10.2. The second kappa shape index (κ2) is 6.65. The molecule has 146 valence electrons. The third kappa shape index (κ3) is 3.04. The maximum Gasteiger partial charge on any atom is 0.225 e. The van der Waals surface area contributed by atoms with E-state index in [4.69, 9.17) is 0 Å². The van der Waals surface area contributed by atoms with Gasteiger partial charge in [0.15, 0.2) is 0 Å². The van der Waals surface area contributed by atoms with Crippen molar-refractivity contribution in [1.82, 2.24) is 24.6 Å². The molecule has 3 aromatic rings. The van der Waals surface area contributed by atoms with Crippen LogP contribution in [0.1, 0.15) is 32.7 Å². The van der Waals surface area contributed by atoms with Gasteiger partial charge >= 0.3 is 0 Å². The number of H-pyrrole nitrogens is 1. The number of piperazine rings is 1. The highest BCUT2D eigenvalue weighted by Gasteiger charge is 2.34. The van der Waals surface area contributed by atoms with E-state index in [1.807, 2.05) is 22.0 Å². The van der Waals surface area contributed by atoms with Gasteiger partial charge in [-0.2, -0.15) is 5.10 Å². The lowest BCUT2D eigenvalue weighted by Gasteiger charge is -2.36. The van der Waals surface area contributed by atoms with Crippen LogP contribution in [-0.4, -0.2) is 56.7 Å². The summed E-state index contributed by atoms with van der Waals surface area (Å²) in [7, 11) is 0. The van der Waals surface area contributed by atoms with Crippen molar-refractivity contribution in [2.75, 3.05) is 31.1 Å². The number of carbonyl (C=O) groups excluding carboxylic acids is 1. The van der Waals surface area contributed by atoms with Gasteiger partial charge in [0.2, 0.25) is 5.91 Å². The maximum atomic E-state index is 12.3. The minimum atomic E-state index is 0.304. The van der Waals surface area contributed by atoms with Gasteiger partial charge in [0.05, 0.1) is 11.9 Å². The fraction of sp³-hybridized carbons (Fsp3) is 0.476. The zero-order valence-corrected chi connectivity index (χ0v) is 16.4. The highest BCUT2D eigenvalue weighted by atomic mass is 16.2. The van der Waals surface area contributed by atoms with E-state index in [-0.39, 0.29) is 0 Å². The van der Waals surface area contributed by atoms with E-state index in [2.05, 4.69) is 52.1 Å². The molecule has 1 saturated carbocycles. The van der Waals surface area contributed by atoms with Gasteiger partial charge in [0.25, 0.3) is 0 Å². The number of nitrogens with zero attached hydrogens (tertiary/aromatic N) is 5. The number of hydrogen-bond acceptors (Lipinski definition) is 4. The molecule has 1 amide bonds. The van der Waals surface area contributed by atoms with Crippen LogP contribution in [0.25, 0.3) is 22.3 Å². The molecule has 0 unspecified atom stereocenters. The number of nitrogens with one attached hydrogen (secondary N) is 1. The summed E-state index contributed by atoms with van der Waals surface area (Å²) in [5.41, 5.74) is 4.17. The molecule has 1 aliphatic carbocycles. The van der Waals surface area contributed by atoms with Crippen molar-refractivity contribution >= 4 is 22.6 Å². The molecule has 0 atom stereocenters. The first-order valence-corrected chi connectivity index (χ1v) is 10.2. The molecule has 0 aromatic carbocycles. The van der Waals surface area contributed by atoms with Crippen LogP contribution in [0.3, 0.4) is 0 Å². The Kier molecular flexibility index (Phi) is 4.10. The Morgan fingerprint density at radius 3 is 2.68 bits per heavy atom. The zero-order valence-electron chi connectivity index (χ0n) is 16.4. The van der Waals surface area contributed by atoms with Gasteiger partial charge in [-0.3, -0.25) is 9.48 Å². The standard InChI is InChI=1S/C21H26N6O/c1-14(2)27-13-16(12-23-27)18-11-17-19(5-6-22-20(17)24-18)25-7-9-26(10-8-25)21(28)15-3-4-15/h5-6,11-15H,3-4,7-10H2,1-2H3,(H,22,24). The van der Waals surface area contributed by atoms with Gasteiger partial charge in [0, 0.05) is 67.2 Å². The van der Waals surface area contributed by atoms with Gasteiger partial charge < -0.3 is 14.8 Å².